The van der Waals surface area contributed by atoms with E-state index in [0.717, 1.165) is 0 Å². The van der Waals surface area contributed by atoms with Gasteiger partial charge in [-0.15, -0.1) is 0 Å². The smallest absolute Gasteiger partial charge is 0.323 e. The molecule has 0 aromatic carbocycles. The van der Waals surface area contributed by atoms with Crippen LogP contribution in [-0.4, -0.2) is 42.0 Å². The first-order chi connectivity index (χ1) is 6.81. The van der Waals surface area contributed by atoms with E-state index in [4.69, 9.17) is 15.2 Å². The van der Waals surface area contributed by atoms with Crippen LogP contribution in [0.25, 0.3) is 0 Å². The lowest BCUT2D eigenvalue weighted by Gasteiger charge is -2.25. The van der Waals surface area contributed by atoms with E-state index in [2.05, 4.69) is 0 Å². The van der Waals surface area contributed by atoms with Gasteiger partial charge in [0.2, 0.25) is 0 Å². The number of hydrogen-bond donors (Lipinski definition) is 2. The Morgan fingerprint density at radius 3 is 2.53 bits per heavy atom. The maximum absolute atomic E-state index is 11.6. The summed E-state index contributed by atoms with van der Waals surface area (Å²) in [6, 6.07) is -0.818. The van der Waals surface area contributed by atoms with E-state index in [-0.39, 0.29) is 12.5 Å². The number of carbonyl (C=O) groups excluding carboxylic acids is 1. The van der Waals surface area contributed by atoms with Crippen molar-refractivity contribution in [2.24, 2.45) is 11.7 Å². The van der Waals surface area contributed by atoms with Crippen LogP contribution in [0.1, 0.15) is 20.8 Å². The van der Waals surface area contributed by atoms with Crippen LogP contribution in [0.2, 0.25) is 0 Å². The first kappa shape index (κ1) is 12.4. The van der Waals surface area contributed by atoms with E-state index in [1.54, 1.807) is 20.8 Å². The fourth-order valence-corrected chi connectivity index (χ4v) is 1.45. The van der Waals surface area contributed by atoms with Gasteiger partial charge in [-0.1, -0.05) is 0 Å². The van der Waals surface area contributed by atoms with Gasteiger partial charge in [-0.2, -0.15) is 0 Å². The summed E-state index contributed by atoms with van der Waals surface area (Å²) in [4.78, 5) is 11.6. The van der Waals surface area contributed by atoms with Crippen molar-refractivity contribution < 1.29 is 19.4 Å². The van der Waals surface area contributed by atoms with E-state index in [9.17, 15) is 9.90 Å². The standard InChI is InChI=1S/C10H19NO4/c1-10(2,3)15-9(13)8(11)6-4-14-5-7(6)12/h6-8,12H,4-5,11H2,1-3H3/t6?,7-,8+/m0/s1. The van der Waals surface area contributed by atoms with Crippen molar-refractivity contribution in [1.82, 2.24) is 0 Å². The Labute approximate surface area is 89.5 Å². The average Bonchev–Trinajstić information content (AvgIpc) is 2.47. The minimum atomic E-state index is -0.818. The van der Waals surface area contributed by atoms with Crippen LogP contribution >= 0.6 is 0 Å². The fourth-order valence-electron chi connectivity index (χ4n) is 1.45. The zero-order chi connectivity index (χ0) is 11.6. The predicted octanol–water partition coefficient (Wildman–Crippen LogP) is -0.337. The van der Waals surface area contributed by atoms with E-state index >= 15 is 0 Å². The van der Waals surface area contributed by atoms with Gasteiger partial charge in [0.25, 0.3) is 0 Å². The molecule has 15 heavy (non-hydrogen) atoms. The van der Waals surface area contributed by atoms with Gasteiger partial charge >= 0.3 is 5.97 Å². The molecule has 0 bridgehead atoms. The van der Waals surface area contributed by atoms with Gasteiger partial charge in [0.05, 0.1) is 19.3 Å². The summed E-state index contributed by atoms with van der Waals surface area (Å²) >= 11 is 0. The Kier molecular flexibility index (Phi) is 3.70. The minimum Gasteiger partial charge on any atom is -0.459 e. The van der Waals surface area contributed by atoms with Crippen molar-refractivity contribution >= 4 is 5.97 Å². The molecule has 88 valence electrons. The molecule has 5 heteroatoms. The Morgan fingerprint density at radius 2 is 2.13 bits per heavy atom. The highest BCUT2D eigenvalue weighted by Gasteiger charge is 2.37. The third-order valence-electron chi connectivity index (χ3n) is 2.23. The second-order valence-corrected chi connectivity index (χ2v) is 4.83. The highest BCUT2D eigenvalue weighted by molar-refractivity contribution is 5.76. The summed E-state index contributed by atoms with van der Waals surface area (Å²) in [6.45, 7) is 5.88. The Balaban J connectivity index is 2.52. The molecule has 0 spiro atoms. The van der Waals surface area contributed by atoms with Gasteiger partial charge in [-0.05, 0) is 20.8 Å². The molecule has 3 N–H and O–H groups in total. The normalized spacial score (nSPS) is 28.9. The molecule has 1 aliphatic rings. The number of nitrogens with two attached hydrogens (primary N) is 1. The molecule has 5 nitrogen and oxygen atoms in total. The molecule has 1 fully saturated rings. The maximum atomic E-state index is 11.6. The van der Waals surface area contributed by atoms with E-state index < -0.39 is 23.7 Å². The summed E-state index contributed by atoms with van der Waals surface area (Å²) in [7, 11) is 0. The van der Waals surface area contributed by atoms with E-state index in [0.29, 0.717) is 6.61 Å². The third kappa shape index (κ3) is 3.44. The number of esters is 1. The monoisotopic (exact) mass is 217 g/mol. The van der Waals surface area contributed by atoms with Gasteiger partial charge in [0.15, 0.2) is 0 Å². The maximum Gasteiger partial charge on any atom is 0.323 e. The fraction of sp³-hybridized carbons (Fsp3) is 0.900. The molecule has 0 aromatic rings. The van der Waals surface area contributed by atoms with Crippen LogP contribution in [0, 0.1) is 5.92 Å². The highest BCUT2D eigenvalue weighted by Crippen LogP contribution is 2.19. The third-order valence-corrected chi connectivity index (χ3v) is 2.23. The zero-order valence-electron chi connectivity index (χ0n) is 9.40. The molecule has 1 heterocycles. The van der Waals surface area contributed by atoms with Crippen molar-refractivity contribution in [2.45, 2.75) is 38.5 Å². The molecule has 0 amide bonds. The van der Waals surface area contributed by atoms with Crippen LogP contribution in [0.5, 0.6) is 0 Å². The topological polar surface area (TPSA) is 81.8 Å². The van der Waals surface area contributed by atoms with Crippen LogP contribution in [0.4, 0.5) is 0 Å². The lowest BCUT2D eigenvalue weighted by atomic mass is 9.97. The largest absolute Gasteiger partial charge is 0.459 e. The number of carbonyl (C=O) groups is 1. The molecule has 0 aromatic heterocycles. The second kappa shape index (κ2) is 4.47. The number of aliphatic hydroxyl groups is 1. The number of rotatable bonds is 2. The molecular weight excluding hydrogens is 198 g/mol. The van der Waals surface area contributed by atoms with Crippen LogP contribution < -0.4 is 5.73 Å². The molecule has 0 aliphatic carbocycles. The van der Waals surface area contributed by atoms with Gasteiger partial charge in [0.1, 0.15) is 11.6 Å². The van der Waals surface area contributed by atoms with Gasteiger partial charge in [0, 0.05) is 5.92 Å². The lowest BCUT2D eigenvalue weighted by Crippen LogP contribution is -2.46. The Bertz CT molecular complexity index is 236. The van der Waals surface area contributed by atoms with Crippen molar-refractivity contribution in [3.05, 3.63) is 0 Å². The SMILES string of the molecule is CC(C)(C)OC(=O)[C@H](N)C1COC[C@@H]1O. The molecule has 1 aliphatic heterocycles. The average molecular weight is 217 g/mol. The summed E-state index contributed by atoms with van der Waals surface area (Å²) in [5.74, 6) is -0.850. The van der Waals surface area contributed by atoms with Crippen molar-refractivity contribution in [3.63, 3.8) is 0 Å². The van der Waals surface area contributed by atoms with E-state index in [1.165, 1.54) is 0 Å². The van der Waals surface area contributed by atoms with Crippen molar-refractivity contribution in [2.75, 3.05) is 13.2 Å². The molecule has 1 rings (SSSR count). The van der Waals surface area contributed by atoms with Crippen molar-refractivity contribution in [1.29, 1.82) is 0 Å². The van der Waals surface area contributed by atoms with Gasteiger partial charge < -0.3 is 20.3 Å². The number of ether oxygens (including phenoxy) is 2. The van der Waals surface area contributed by atoms with Crippen molar-refractivity contribution in [3.8, 4) is 0 Å². The quantitative estimate of drug-likeness (QED) is 0.618. The van der Waals surface area contributed by atoms with Gasteiger partial charge in [-0.3, -0.25) is 4.79 Å². The number of hydrogen-bond acceptors (Lipinski definition) is 5. The molecule has 1 saturated heterocycles. The summed E-state index contributed by atoms with van der Waals surface area (Å²) in [5.41, 5.74) is 5.15. The summed E-state index contributed by atoms with van der Waals surface area (Å²) in [6.07, 6.45) is -0.674. The Morgan fingerprint density at radius 1 is 1.53 bits per heavy atom. The summed E-state index contributed by atoms with van der Waals surface area (Å²) < 4.78 is 10.2. The predicted molar refractivity (Wildman–Crippen MR) is 54.1 cm³/mol. The highest BCUT2D eigenvalue weighted by atomic mass is 16.6. The van der Waals surface area contributed by atoms with Crippen LogP contribution in [-0.2, 0) is 14.3 Å². The van der Waals surface area contributed by atoms with Crippen LogP contribution in [0.15, 0.2) is 0 Å². The molecule has 3 atom stereocenters. The molecule has 1 unspecified atom stereocenters. The van der Waals surface area contributed by atoms with Crippen LogP contribution in [0.3, 0.4) is 0 Å². The zero-order valence-corrected chi connectivity index (χ0v) is 9.40. The second-order valence-electron chi connectivity index (χ2n) is 4.83. The first-order valence-corrected chi connectivity index (χ1v) is 5.05. The minimum absolute atomic E-state index is 0.237. The molecular formula is C10H19NO4. The van der Waals surface area contributed by atoms with E-state index in [1.807, 2.05) is 0 Å². The molecule has 0 saturated carbocycles. The Hall–Kier alpha value is -0.650. The number of aliphatic hydroxyl groups excluding tert-OH is 1. The summed E-state index contributed by atoms with van der Waals surface area (Å²) in [5, 5.41) is 9.49. The van der Waals surface area contributed by atoms with Gasteiger partial charge in [-0.25, -0.2) is 0 Å². The first-order valence-electron chi connectivity index (χ1n) is 5.05. The lowest BCUT2D eigenvalue weighted by molar-refractivity contribution is -0.158. The molecule has 0 radical (unpaired) electrons.